The van der Waals surface area contributed by atoms with Crippen molar-refractivity contribution < 1.29 is 27.8 Å². The second-order valence-electron chi connectivity index (χ2n) is 10.0. The Bertz CT molecular complexity index is 1360. The number of nitrogens with one attached hydrogen (secondary N) is 1. The van der Waals surface area contributed by atoms with Crippen LogP contribution in [0.1, 0.15) is 44.1 Å². The number of fused-ring (bicyclic) bond motifs is 1. The first kappa shape index (κ1) is 27.9. The number of hydrogen-bond acceptors (Lipinski definition) is 8. The minimum absolute atomic E-state index is 0.190. The van der Waals surface area contributed by atoms with Crippen LogP contribution in [0.25, 0.3) is 10.2 Å². The van der Waals surface area contributed by atoms with E-state index in [2.05, 4.69) is 10.3 Å². The van der Waals surface area contributed by atoms with Gasteiger partial charge in [-0.1, -0.05) is 29.0 Å². The van der Waals surface area contributed by atoms with E-state index in [1.807, 2.05) is 0 Å². The fourth-order valence-corrected chi connectivity index (χ4v) is 6.37. The number of anilines is 2. The second-order valence-corrected chi connectivity index (χ2v) is 11.5. The molecule has 208 valence electrons. The third-order valence-electron chi connectivity index (χ3n) is 7.38. The first-order chi connectivity index (χ1) is 18.7. The average Bonchev–Trinajstić information content (AvgIpc) is 3.60. The van der Waals surface area contributed by atoms with Crippen LogP contribution in [0.15, 0.2) is 36.4 Å². The van der Waals surface area contributed by atoms with Gasteiger partial charge >= 0.3 is 11.9 Å². The number of esters is 1. The fraction of sp³-hybridized carbons (Fsp3) is 0.464. The van der Waals surface area contributed by atoms with Crippen molar-refractivity contribution in [3.63, 3.8) is 0 Å². The minimum atomic E-state index is -2.54. The van der Waals surface area contributed by atoms with Crippen LogP contribution in [0, 0.1) is 11.7 Å². The quantitative estimate of drug-likeness (QED) is 0.232. The number of methoxy groups -OCH3 is 1. The molecule has 1 aliphatic carbocycles. The number of aromatic nitrogens is 1. The lowest BCUT2D eigenvalue weighted by Crippen LogP contribution is -2.54. The Balaban J connectivity index is 1.27. The zero-order chi connectivity index (χ0) is 27.6. The van der Waals surface area contributed by atoms with Crippen molar-refractivity contribution >= 4 is 55.7 Å². The molecule has 0 bridgehead atoms. The molecule has 3 aromatic rings. The lowest BCUT2D eigenvalue weighted by molar-refractivity contribution is -0.252. The molecule has 39 heavy (non-hydrogen) atoms. The minimum Gasteiger partial charge on any atom is -0.469 e. The molecule has 1 saturated carbocycles. The number of alkyl halides is 1. The number of halogens is 3. The molecule has 11 heteroatoms. The van der Waals surface area contributed by atoms with E-state index in [9.17, 15) is 14.0 Å². The number of carbonyl (C=O) groups is 2. The van der Waals surface area contributed by atoms with Gasteiger partial charge < -0.3 is 14.8 Å². The van der Waals surface area contributed by atoms with E-state index < -0.39 is 17.9 Å². The highest BCUT2D eigenvalue weighted by Gasteiger charge is 2.48. The second kappa shape index (κ2) is 11.8. The van der Waals surface area contributed by atoms with E-state index >= 15 is 4.39 Å². The molecule has 2 fully saturated rings. The van der Waals surface area contributed by atoms with Crippen molar-refractivity contribution in [2.45, 2.75) is 57.0 Å². The molecule has 7 nitrogen and oxygen atoms in total. The summed E-state index contributed by atoms with van der Waals surface area (Å²) in [6, 6.07) is 9.46. The van der Waals surface area contributed by atoms with Gasteiger partial charge in [-0.25, -0.2) is 14.3 Å². The molecule has 1 atom stereocenters. The maximum atomic E-state index is 16.5. The molecule has 2 aromatic carbocycles. The summed E-state index contributed by atoms with van der Waals surface area (Å²) in [5.41, 5.74) is 1.67. The van der Waals surface area contributed by atoms with Crippen LogP contribution in [0.5, 0.6) is 0 Å². The number of rotatable bonds is 9. The summed E-state index contributed by atoms with van der Waals surface area (Å²) in [6.07, 6.45) is 2.98. The Morgan fingerprint density at radius 2 is 1.90 bits per heavy atom. The molecule has 0 spiro atoms. The van der Waals surface area contributed by atoms with Gasteiger partial charge in [-0.15, -0.1) is 0 Å². The molecule has 1 N–H and O–H groups in total. The molecule has 1 aromatic heterocycles. The van der Waals surface area contributed by atoms with Crippen LogP contribution in [0.3, 0.4) is 0 Å². The molecule has 1 unspecified atom stereocenters. The van der Waals surface area contributed by atoms with Gasteiger partial charge in [0.25, 0.3) is 0 Å². The van der Waals surface area contributed by atoms with Crippen LogP contribution >= 0.6 is 22.9 Å². The topological polar surface area (TPSA) is 80.8 Å². The van der Waals surface area contributed by atoms with Crippen molar-refractivity contribution in [3.05, 3.63) is 52.8 Å². The summed E-state index contributed by atoms with van der Waals surface area (Å²) in [6.45, 7) is 0.880. The largest absolute Gasteiger partial charge is 0.469 e. The molecule has 5 rings (SSSR count). The Hall–Kier alpha value is -2.66. The summed E-state index contributed by atoms with van der Waals surface area (Å²) >= 11 is 7.87. The van der Waals surface area contributed by atoms with E-state index in [0.29, 0.717) is 65.7 Å². The lowest BCUT2D eigenvalue weighted by Gasteiger charge is -2.37. The van der Waals surface area contributed by atoms with Gasteiger partial charge in [0, 0.05) is 25.6 Å². The highest BCUT2D eigenvalue weighted by molar-refractivity contribution is 7.22. The van der Waals surface area contributed by atoms with Crippen LogP contribution < -0.4 is 5.32 Å². The number of Topliss-reactive ketones (excluding diaryl/α,β-unsaturated/α-hetero) is 1. The van der Waals surface area contributed by atoms with Crippen LogP contribution in [0.4, 0.5) is 19.6 Å². The van der Waals surface area contributed by atoms with E-state index in [1.54, 1.807) is 24.3 Å². The Labute approximate surface area is 234 Å². The summed E-state index contributed by atoms with van der Waals surface area (Å²) in [4.78, 5) is 31.1. The summed E-state index contributed by atoms with van der Waals surface area (Å²) in [5, 5.41) is 4.03. The highest BCUT2D eigenvalue weighted by Crippen LogP contribution is 2.36. The first-order valence-electron chi connectivity index (χ1n) is 13.1. The predicted molar refractivity (Wildman–Crippen MR) is 147 cm³/mol. The number of benzene rings is 2. The number of thiazole rings is 1. The molecule has 1 saturated heterocycles. The van der Waals surface area contributed by atoms with E-state index in [4.69, 9.17) is 21.1 Å². The first-order valence-corrected chi connectivity index (χ1v) is 14.3. The number of nitrogens with zero attached hydrogens (tertiary/aromatic N) is 2. The van der Waals surface area contributed by atoms with E-state index in [1.165, 1.54) is 35.5 Å². The SMILES string of the molecule is COC(=O)C1CCC(OC(F)(C(=O)Cc2ccc(Nc3nc4cc(F)ccc4s3)c(Cl)c2)N2CCCC2)CC1. The van der Waals surface area contributed by atoms with Crippen molar-refractivity contribution in [3.8, 4) is 0 Å². The highest BCUT2D eigenvalue weighted by atomic mass is 35.5. The maximum Gasteiger partial charge on any atom is 0.330 e. The molecule has 2 aliphatic rings. The number of carbonyl (C=O) groups excluding carboxylic acids is 2. The molecule has 1 aliphatic heterocycles. The summed E-state index contributed by atoms with van der Waals surface area (Å²) in [7, 11) is 1.36. The van der Waals surface area contributed by atoms with Gasteiger partial charge in [0.05, 0.1) is 40.1 Å². The van der Waals surface area contributed by atoms with Crippen molar-refractivity contribution in [2.24, 2.45) is 5.92 Å². The molecule has 0 amide bonds. The summed E-state index contributed by atoms with van der Waals surface area (Å²) in [5.74, 6) is -4.06. The Kier molecular flexibility index (Phi) is 8.46. The zero-order valence-electron chi connectivity index (χ0n) is 21.6. The number of hydrogen-bond donors (Lipinski definition) is 1. The monoisotopic (exact) mass is 577 g/mol. The lowest BCUT2D eigenvalue weighted by atomic mass is 9.87. The average molecular weight is 578 g/mol. The third-order valence-corrected chi connectivity index (χ3v) is 8.64. The van der Waals surface area contributed by atoms with Gasteiger partial charge in [-0.3, -0.25) is 9.59 Å². The molecule has 2 heterocycles. The van der Waals surface area contributed by atoms with Gasteiger partial charge in [0.1, 0.15) is 5.82 Å². The van der Waals surface area contributed by atoms with Gasteiger partial charge in [-0.2, -0.15) is 4.39 Å². The predicted octanol–water partition coefficient (Wildman–Crippen LogP) is 6.41. The normalized spacial score (nSPS) is 21.5. The fourth-order valence-electron chi connectivity index (χ4n) is 5.26. The molecular weight excluding hydrogens is 548 g/mol. The van der Waals surface area contributed by atoms with E-state index in [0.717, 1.165) is 17.5 Å². The van der Waals surface area contributed by atoms with Crippen molar-refractivity contribution in [1.82, 2.24) is 9.88 Å². The van der Waals surface area contributed by atoms with Crippen molar-refractivity contribution in [2.75, 3.05) is 25.5 Å². The van der Waals surface area contributed by atoms with Crippen LogP contribution in [-0.4, -0.2) is 53.9 Å². The Morgan fingerprint density at radius 1 is 1.15 bits per heavy atom. The zero-order valence-corrected chi connectivity index (χ0v) is 23.1. The standard InChI is InChI=1S/C28H30ClF2N3O4S/c1-37-26(36)18-5-8-20(9-6-18)38-28(31,34-12-2-3-13-34)25(35)15-17-4-10-22(21(29)14-17)32-27-33-23-16-19(30)7-11-24(23)39-27/h4,7,10-11,14,16,18,20H,2-3,5-6,8-9,12-13,15H2,1H3,(H,32,33). The number of likely N-dealkylation sites (tertiary alicyclic amines) is 1. The maximum absolute atomic E-state index is 16.5. The van der Waals surface area contributed by atoms with Gasteiger partial charge in [0.15, 0.2) is 5.13 Å². The molecular formula is C28H30ClF2N3O4S. The smallest absolute Gasteiger partial charge is 0.330 e. The van der Waals surface area contributed by atoms with Gasteiger partial charge in [-0.05, 0) is 68.4 Å². The van der Waals surface area contributed by atoms with Gasteiger partial charge in [0.2, 0.25) is 5.78 Å². The number of ketones is 1. The summed E-state index contributed by atoms with van der Waals surface area (Å²) < 4.78 is 41.5. The van der Waals surface area contributed by atoms with Crippen LogP contribution in [0.2, 0.25) is 5.02 Å². The van der Waals surface area contributed by atoms with Crippen molar-refractivity contribution in [1.29, 1.82) is 0 Å². The number of ether oxygens (including phenoxy) is 2. The third kappa shape index (κ3) is 6.24. The van der Waals surface area contributed by atoms with Crippen LogP contribution in [-0.2, 0) is 25.5 Å². The Morgan fingerprint density at radius 3 is 2.59 bits per heavy atom. The van der Waals surface area contributed by atoms with E-state index in [-0.39, 0.29) is 24.1 Å². The molecule has 0 radical (unpaired) electrons.